The van der Waals surface area contributed by atoms with Crippen molar-refractivity contribution in [3.05, 3.63) is 158 Å². The van der Waals surface area contributed by atoms with Gasteiger partial charge in [-0.05, 0) is 141 Å². The Morgan fingerprint density at radius 3 is 0.971 bits per heavy atom. The largest absolute Gasteiger partial charge is 0.462 e. The topological polar surface area (TPSA) is 61.8 Å². The Morgan fingerprint density at radius 2 is 0.600 bits per heavy atom. The monoisotopic (exact) mass is 963 g/mol. The minimum atomic E-state index is -0.588. The van der Waals surface area contributed by atoms with Gasteiger partial charge >= 0.3 is 11.9 Å². The number of hydrogen-bond donors (Lipinski definition) is 0. The highest BCUT2D eigenvalue weighted by molar-refractivity contribution is 5.70. The second-order valence-electron chi connectivity index (χ2n) is 17.7. The van der Waals surface area contributed by atoms with Gasteiger partial charge in [0.2, 0.25) is 0 Å². The molecule has 392 valence electrons. The van der Waals surface area contributed by atoms with E-state index in [0.29, 0.717) is 19.4 Å². The number of carbonyl (C=O) groups is 2. The summed E-state index contributed by atoms with van der Waals surface area (Å²) in [6.07, 6.45) is 86.9. The molecule has 1 atom stereocenters. The van der Waals surface area contributed by atoms with Crippen molar-refractivity contribution < 1.29 is 23.8 Å². The van der Waals surface area contributed by atoms with E-state index in [9.17, 15) is 9.59 Å². The standard InChI is InChI=1S/C65H102O5/c1-4-7-10-13-16-19-22-25-28-31-33-35-37-40-43-46-49-52-55-58-64(66)69-62-63(61-68-60-57-54-51-48-45-42-39-30-27-24-21-18-15-12-9-6-3)70-65(67)59-56-53-50-47-44-41-38-36-34-32-29-26-23-20-17-14-11-8-5-2/h7-12,16-21,25-30,33-36,40,42-43,45,63H,4-6,13-15,22-24,31-32,37-39,41,44,46-62H2,1-3H3/b10-7-,11-8-,12-9-,19-16-,20-17-,21-18-,28-25-,29-26-,30-27-,35-33-,36-34-,43-40-,45-42-. The number of rotatable bonds is 49. The molecule has 0 heterocycles. The van der Waals surface area contributed by atoms with Crippen molar-refractivity contribution in [3.63, 3.8) is 0 Å². The fourth-order valence-corrected chi connectivity index (χ4v) is 6.99. The second kappa shape index (κ2) is 58.8. The first-order chi connectivity index (χ1) is 34.6. The lowest BCUT2D eigenvalue weighted by molar-refractivity contribution is -0.163. The first-order valence-electron chi connectivity index (χ1n) is 28.0. The molecule has 0 spiro atoms. The Labute approximate surface area is 431 Å². The Hall–Kier alpha value is -4.48. The molecule has 0 radical (unpaired) electrons. The quantitative estimate of drug-likeness (QED) is 0.0345. The summed E-state index contributed by atoms with van der Waals surface area (Å²) in [6.45, 7) is 7.34. The molecule has 0 amide bonds. The Bertz CT molecular complexity index is 1560. The average molecular weight is 964 g/mol. The fraction of sp³-hybridized carbons (Fsp3) is 0.569. The van der Waals surface area contributed by atoms with Crippen molar-refractivity contribution in [2.24, 2.45) is 0 Å². The zero-order valence-corrected chi connectivity index (χ0v) is 45.0. The van der Waals surface area contributed by atoms with Crippen molar-refractivity contribution in [2.45, 2.75) is 219 Å². The van der Waals surface area contributed by atoms with Crippen LogP contribution in [0.5, 0.6) is 0 Å². The highest BCUT2D eigenvalue weighted by Gasteiger charge is 2.17. The smallest absolute Gasteiger partial charge is 0.306 e. The van der Waals surface area contributed by atoms with E-state index in [1.165, 1.54) is 19.3 Å². The lowest BCUT2D eigenvalue weighted by atomic mass is 10.1. The van der Waals surface area contributed by atoms with Crippen LogP contribution in [-0.2, 0) is 23.8 Å². The fourth-order valence-electron chi connectivity index (χ4n) is 6.99. The Balaban J connectivity index is 4.47. The van der Waals surface area contributed by atoms with E-state index in [1.807, 2.05) is 0 Å². The lowest BCUT2D eigenvalue weighted by Crippen LogP contribution is -2.30. The van der Waals surface area contributed by atoms with Gasteiger partial charge in [0.05, 0.1) is 6.61 Å². The van der Waals surface area contributed by atoms with E-state index in [0.717, 1.165) is 161 Å². The van der Waals surface area contributed by atoms with E-state index in [-0.39, 0.29) is 25.2 Å². The van der Waals surface area contributed by atoms with E-state index >= 15 is 0 Å². The minimum absolute atomic E-state index is 0.0374. The zero-order valence-electron chi connectivity index (χ0n) is 45.0. The number of ether oxygens (including phenoxy) is 3. The summed E-state index contributed by atoms with van der Waals surface area (Å²) >= 11 is 0. The summed E-state index contributed by atoms with van der Waals surface area (Å²) in [4.78, 5) is 25.5. The van der Waals surface area contributed by atoms with E-state index in [2.05, 4.69) is 179 Å². The molecule has 0 fully saturated rings. The van der Waals surface area contributed by atoms with Gasteiger partial charge in [0.1, 0.15) is 6.61 Å². The molecule has 0 bridgehead atoms. The van der Waals surface area contributed by atoms with E-state index in [1.54, 1.807) is 0 Å². The number of hydrogen-bond acceptors (Lipinski definition) is 5. The van der Waals surface area contributed by atoms with Crippen LogP contribution in [0, 0.1) is 0 Å². The van der Waals surface area contributed by atoms with Gasteiger partial charge in [-0.15, -0.1) is 0 Å². The first-order valence-corrected chi connectivity index (χ1v) is 28.0. The van der Waals surface area contributed by atoms with Crippen LogP contribution in [0.2, 0.25) is 0 Å². The molecular weight excluding hydrogens is 861 g/mol. The van der Waals surface area contributed by atoms with Gasteiger partial charge < -0.3 is 14.2 Å². The highest BCUT2D eigenvalue weighted by Crippen LogP contribution is 2.12. The number of unbranched alkanes of at least 4 members (excludes halogenated alkanes) is 12. The molecule has 0 aliphatic heterocycles. The summed E-state index contributed by atoms with van der Waals surface area (Å²) in [5.41, 5.74) is 0. The van der Waals surface area contributed by atoms with Crippen LogP contribution < -0.4 is 0 Å². The predicted molar refractivity (Wildman–Crippen MR) is 306 cm³/mol. The Morgan fingerprint density at radius 1 is 0.314 bits per heavy atom. The molecule has 5 nitrogen and oxygen atoms in total. The van der Waals surface area contributed by atoms with E-state index < -0.39 is 6.10 Å². The maximum Gasteiger partial charge on any atom is 0.306 e. The predicted octanol–water partition coefficient (Wildman–Crippen LogP) is 19.5. The lowest BCUT2D eigenvalue weighted by Gasteiger charge is -2.18. The summed E-state index contributed by atoms with van der Waals surface area (Å²) in [5, 5.41) is 0. The average Bonchev–Trinajstić information content (AvgIpc) is 3.36. The van der Waals surface area contributed by atoms with Crippen molar-refractivity contribution >= 4 is 11.9 Å². The highest BCUT2D eigenvalue weighted by atomic mass is 16.6. The number of carbonyl (C=O) groups excluding carboxylic acids is 2. The molecule has 0 aliphatic rings. The van der Waals surface area contributed by atoms with Gasteiger partial charge in [-0.2, -0.15) is 0 Å². The third-order valence-corrected chi connectivity index (χ3v) is 11.0. The summed E-state index contributed by atoms with van der Waals surface area (Å²) in [7, 11) is 0. The first kappa shape index (κ1) is 65.5. The van der Waals surface area contributed by atoms with Gasteiger partial charge in [0.25, 0.3) is 0 Å². The molecule has 5 heteroatoms. The number of esters is 2. The van der Waals surface area contributed by atoms with Gasteiger partial charge in [-0.25, -0.2) is 0 Å². The molecule has 0 N–H and O–H groups in total. The maximum atomic E-state index is 12.9. The maximum absolute atomic E-state index is 12.9. The second-order valence-corrected chi connectivity index (χ2v) is 17.7. The molecule has 70 heavy (non-hydrogen) atoms. The SMILES string of the molecule is CC/C=C\C/C=C\C/C=C\C/C=C\C/C=C\CCCCCC(=O)OCC(COCCCCC/C=C\C/C=C\C/C=C\C/C=C\CC)OC(=O)CCCCCCCC/C=C\C/C=C\C/C=C\C/C=C\CC. The van der Waals surface area contributed by atoms with Crippen molar-refractivity contribution in [2.75, 3.05) is 19.8 Å². The normalized spacial score (nSPS) is 13.5. The molecule has 0 aromatic heterocycles. The van der Waals surface area contributed by atoms with Crippen LogP contribution in [0.15, 0.2) is 158 Å². The van der Waals surface area contributed by atoms with Crippen molar-refractivity contribution in [3.8, 4) is 0 Å². The molecule has 0 aliphatic carbocycles. The molecule has 0 aromatic carbocycles. The molecule has 0 rings (SSSR count). The molecule has 0 saturated heterocycles. The molecule has 0 saturated carbocycles. The summed E-state index contributed by atoms with van der Waals surface area (Å²) < 4.78 is 17.4. The molecular formula is C65H102O5. The van der Waals surface area contributed by atoms with Crippen LogP contribution in [0.1, 0.15) is 213 Å². The van der Waals surface area contributed by atoms with Crippen LogP contribution in [0.25, 0.3) is 0 Å². The van der Waals surface area contributed by atoms with Crippen LogP contribution >= 0.6 is 0 Å². The van der Waals surface area contributed by atoms with Crippen molar-refractivity contribution in [1.82, 2.24) is 0 Å². The van der Waals surface area contributed by atoms with E-state index in [4.69, 9.17) is 14.2 Å². The minimum Gasteiger partial charge on any atom is -0.462 e. The molecule has 1 unspecified atom stereocenters. The summed E-state index contributed by atoms with van der Waals surface area (Å²) in [5.74, 6) is -0.481. The third-order valence-electron chi connectivity index (χ3n) is 11.0. The van der Waals surface area contributed by atoms with Gasteiger partial charge in [0, 0.05) is 19.4 Å². The van der Waals surface area contributed by atoms with Gasteiger partial charge in [0.15, 0.2) is 6.10 Å². The van der Waals surface area contributed by atoms with Crippen LogP contribution in [0.4, 0.5) is 0 Å². The zero-order chi connectivity index (χ0) is 50.6. The number of allylic oxidation sites excluding steroid dienone is 26. The van der Waals surface area contributed by atoms with Crippen molar-refractivity contribution in [1.29, 1.82) is 0 Å². The Kier molecular flexibility index (Phi) is 55.1. The van der Waals surface area contributed by atoms with Crippen LogP contribution in [-0.4, -0.2) is 37.9 Å². The van der Waals surface area contributed by atoms with Gasteiger partial charge in [-0.3, -0.25) is 9.59 Å². The summed E-state index contributed by atoms with van der Waals surface area (Å²) in [6, 6.07) is 0. The third kappa shape index (κ3) is 56.1. The van der Waals surface area contributed by atoms with Crippen LogP contribution in [0.3, 0.4) is 0 Å². The molecule has 0 aromatic rings. The van der Waals surface area contributed by atoms with Gasteiger partial charge in [-0.1, -0.05) is 217 Å².